The Morgan fingerprint density at radius 3 is 2.42 bits per heavy atom. The second-order valence-electron chi connectivity index (χ2n) is 11.1. The van der Waals surface area contributed by atoms with E-state index in [0.717, 1.165) is 39.4 Å². The van der Waals surface area contributed by atoms with E-state index in [9.17, 15) is 18.5 Å². The SMILES string of the molecule is CC(C#N)Cc1cc(-c2cccc(/C=C(/C(=O)NC(C)(C)C)c3ccc(S(C)(=O)=O)cc3)c2)c2ncccc2c1. The molecule has 4 aromatic rings. The summed E-state index contributed by atoms with van der Waals surface area (Å²) in [6.45, 7) is 7.64. The summed E-state index contributed by atoms with van der Waals surface area (Å²) >= 11 is 0. The number of rotatable bonds is 7. The van der Waals surface area contributed by atoms with Crippen LogP contribution in [0.15, 0.2) is 83.9 Å². The first-order valence-corrected chi connectivity index (χ1v) is 15.0. The Morgan fingerprint density at radius 1 is 1.05 bits per heavy atom. The molecule has 7 heteroatoms. The van der Waals surface area contributed by atoms with Gasteiger partial charge in [-0.2, -0.15) is 5.26 Å². The van der Waals surface area contributed by atoms with Gasteiger partial charge in [-0.3, -0.25) is 9.78 Å². The molecule has 204 valence electrons. The number of pyridine rings is 1. The summed E-state index contributed by atoms with van der Waals surface area (Å²) in [5.74, 6) is -0.376. The average Bonchev–Trinajstić information content (AvgIpc) is 2.90. The lowest BCUT2D eigenvalue weighted by atomic mass is 9.93. The van der Waals surface area contributed by atoms with Gasteiger partial charge in [0, 0.05) is 40.4 Å². The third kappa shape index (κ3) is 7.02. The van der Waals surface area contributed by atoms with Gasteiger partial charge < -0.3 is 5.32 Å². The Kier molecular flexibility index (Phi) is 8.22. The number of nitrogens with one attached hydrogen (secondary N) is 1. The maximum absolute atomic E-state index is 13.4. The van der Waals surface area contributed by atoms with Crippen molar-refractivity contribution in [3.8, 4) is 17.2 Å². The molecule has 0 saturated carbocycles. The van der Waals surface area contributed by atoms with E-state index in [-0.39, 0.29) is 16.7 Å². The maximum atomic E-state index is 13.4. The number of sulfone groups is 1. The maximum Gasteiger partial charge on any atom is 0.252 e. The molecule has 1 aromatic heterocycles. The van der Waals surface area contributed by atoms with Crippen LogP contribution in [0.3, 0.4) is 0 Å². The highest BCUT2D eigenvalue weighted by Crippen LogP contribution is 2.31. The van der Waals surface area contributed by atoms with Crippen LogP contribution in [0.2, 0.25) is 0 Å². The molecule has 0 bridgehead atoms. The fraction of sp³-hybridized carbons (Fsp3) is 0.242. The van der Waals surface area contributed by atoms with Crippen LogP contribution in [0.25, 0.3) is 33.7 Å². The van der Waals surface area contributed by atoms with E-state index in [1.807, 2.05) is 70.2 Å². The molecular weight excluding hydrogens is 518 g/mol. The summed E-state index contributed by atoms with van der Waals surface area (Å²) in [7, 11) is -3.36. The van der Waals surface area contributed by atoms with Crippen LogP contribution in [0, 0.1) is 17.2 Å². The smallest absolute Gasteiger partial charge is 0.252 e. The van der Waals surface area contributed by atoms with E-state index < -0.39 is 15.4 Å². The van der Waals surface area contributed by atoms with Crippen LogP contribution < -0.4 is 5.32 Å². The Morgan fingerprint density at radius 2 is 1.77 bits per heavy atom. The van der Waals surface area contributed by atoms with E-state index in [1.165, 1.54) is 12.1 Å². The molecule has 3 aromatic carbocycles. The molecule has 0 fully saturated rings. The highest BCUT2D eigenvalue weighted by atomic mass is 32.2. The van der Waals surface area contributed by atoms with Crippen molar-refractivity contribution in [2.75, 3.05) is 6.26 Å². The normalized spacial score (nSPS) is 13.1. The molecule has 1 atom stereocenters. The van der Waals surface area contributed by atoms with Crippen LogP contribution in [0.5, 0.6) is 0 Å². The molecule has 1 heterocycles. The van der Waals surface area contributed by atoms with Gasteiger partial charge in [-0.1, -0.05) is 36.4 Å². The van der Waals surface area contributed by atoms with Gasteiger partial charge in [-0.15, -0.1) is 0 Å². The molecule has 0 saturated heterocycles. The summed E-state index contributed by atoms with van der Waals surface area (Å²) < 4.78 is 24.0. The van der Waals surface area contributed by atoms with Crippen LogP contribution in [0.4, 0.5) is 0 Å². The minimum absolute atomic E-state index is 0.116. The van der Waals surface area contributed by atoms with Gasteiger partial charge in [0.25, 0.3) is 5.91 Å². The van der Waals surface area contributed by atoms with Crippen LogP contribution in [-0.4, -0.2) is 31.1 Å². The minimum atomic E-state index is -3.36. The van der Waals surface area contributed by atoms with Gasteiger partial charge >= 0.3 is 0 Å². The lowest BCUT2D eigenvalue weighted by Gasteiger charge is -2.22. The summed E-state index contributed by atoms with van der Waals surface area (Å²) in [6, 6.07) is 24.6. The molecule has 40 heavy (non-hydrogen) atoms. The average molecular weight is 552 g/mol. The first kappa shape index (κ1) is 28.7. The van der Waals surface area contributed by atoms with Gasteiger partial charge in [0.15, 0.2) is 9.84 Å². The lowest BCUT2D eigenvalue weighted by Crippen LogP contribution is -2.41. The first-order valence-electron chi connectivity index (χ1n) is 13.1. The fourth-order valence-electron chi connectivity index (χ4n) is 4.52. The Balaban J connectivity index is 1.83. The highest BCUT2D eigenvalue weighted by Gasteiger charge is 2.20. The van der Waals surface area contributed by atoms with Crippen molar-refractivity contribution in [1.82, 2.24) is 10.3 Å². The third-order valence-corrected chi connectivity index (χ3v) is 7.49. The monoisotopic (exact) mass is 551 g/mol. The number of fused-ring (bicyclic) bond motifs is 1. The molecule has 0 radical (unpaired) electrons. The number of nitriles is 1. The molecule has 0 aliphatic rings. The van der Waals surface area contributed by atoms with Crippen molar-refractivity contribution >= 4 is 38.3 Å². The second-order valence-corrected chi connectivity index (χ2v) is 13.2. The summed E-state index contributed by atoms with van der Waals surface area (Å²) in [6.07, 6.45) is 5.37. The number of nitrogens with zero attached hydrogens (tertiary/aromatic N) is 2. The number of aromatic nitrogens is 1. The second kappa shape index (κ2) is 11.4. The first-order chi connectivity index (χ1) is 18.8. The van der Waals surface area contributed by atoms with Crippen LogP contribution >= 0.6 is 0 Å². The molecule has 1 unspecified atom stereocenters. The van der Waals surface area contributed by atoms with Gasteiger partial charge in [0.05, 0.1) is 16.5 Å². The molecule has 1 N–H and O–H groups in total. The summed E-state index contributed by atoms with van der Waals surface area (Å²) in [4.78, 5) is 18.2. The zero-order chi connectivity index (χ0) is 29.1. The van der Waals surface area contributed by atoms with Gasteiger partial charge in [0.1, 0.15) is 0 Å². The number of carbonyl (C=O) groups is 1. The largest absolute Gasteiger partial charge is 0.347 e. The zero-order valence-corrected chi connectivity index (χ0v) is 24.2. The van der Waals surface area contributed by atoms with Crippen molar-refractivity contribution in [2.45, 2.75) is 44.6 Å². The Hall–Kier alpha value is -4.28. The van der Waals surface area contributed by atoms with E-state index >= 15 is 0 Å². The third-order valence-electron chi connectivity index (χ3n) is 6.36. The summed E-state index contributed by atoms with van der Waals surface area (Å²) in [5.41, 5.74) is 5.19. The molecule has 0 aliphatic carbocycles. The topological polar surface area (TPSA) is 99.9 Å². The van der Waals surface area contributed by atoms with Gasteiger partial charge in [-0.05, 0) is 98.8 Å². The predicted octanol–water partition coefficient (Wildman–Crippen LogP) is 6.46. The van der Waals surface area contributed by atoms with Crippen molar-refractivity contribution < 1.29 is 13.2 Å². The minimum Gasteiger partial charge on any atom is -0.347 e. The van der Waals surface area contributed by atoms with E-state index in [4.69, 9.17) is 0 Å². The van der Waals surface area contributed by atoms with Crippen molar-refractivity contribution in [2.24, 2.45) is 5.92 Å². The van der Waals surface area contributed by atoms with Crippen molar-refractivity contribution in [3.05, 3.63) is 95.7 Å². The Labute approximate surface area is 236 Å². The quantitative estimate of drug-likeness (QED) is 0.210. The predicted molar refractivity (Wildman–Crippen MR) is 161 cm³/mol. The zero-order valence-electron chi connectivity index (χ0n) is 23.4. The summed E-state index contributed by atoms with van der Waals surface area (Å²) in [5, 5.41) is 13.4. The van der Waals surface area contributed by atoms with E-state index in [0.29, 0.717) is 17.6 Å². The standard InChI is InChI=1S/C33H33N3O3S/c1-22(21-34)16-24-18-27-10-7-15-35-31(27)29(20-24)26-9-6-8-23(17-26)19-30(32(37)36-33(2,3)4)25-11-13-28(14-12-25)40(5,38)39/h6-15,17-20,22H,16H2,1-5H3,(H,36,37)/b30-19+. The molecule has 0 aliphatic heterocycles. The number of carbonyl (C=O) groups excluding carboxylic acids is 1. The van der Waals surface area contributed by atoms with Gasteiger partial charge in [-0.25, -0.2) is 8.42 Å². The van der Waals surface area contributed by atoms with Crippen molar-refractivity contribution in [1.29, 1.82) is 5.26 Å². The fourth-order valence-corrected chi connectivity index (χ4v) is 5.15. The number of hydrogen-bond acceptors (Lipinski definition) is 5. The van der Waals surface area contributed by atoms with Crippen LogP contribution in [0.1, 0.15) is 44.4 Å². The van der Waals surface area contributed by atoms with E-state index in [2.05, 4.69) is 28.5 Å². The lowest BCUT2D eigenvalue weighted by molar-refractivity contribution is -0.116. The highest BCUT2D eigenvalue weighted by molar-refractivity contribution is 7.90. The molecule has 4 rings (SSSR count). The number of benzene rings is 3. The molecule has 1 amide bonds. The van der Waals surface area contributed by atoms with Crippen molar-refractivity contribution in [3.63, 3.8) is 0 Å². The molecular formula is C33H33N3O3S. The Bertz CT molecular complexity index is 1740. The van der Waals surface area contributed by atoms with E-state index in [1.54, 1.807) is 18.3 Å². The molecule has 0 spiro atoms. The number of hydrogen-bond donors (Lipinski definition) is 1. The van der Waals surface area contributed by atoms with Gasteiger partial charge in [0.2, 0.25) is 0 Å². The molecule has 6 nitrogen and oxygen atoms in total. The number of amides is 1. The van der Waals surface area contributed by atoms with Crippen LogP contribution in [-0.2, 0) is 21.1 Å².